The van der Waals surface area contributed by atoms with Crippen molar-refractivity contribution in [3.8, 4) is 0 Å². The highest BCUT2D eigenvalue weighted by atomic mass is 32.2. The highest BCUT2D eigenvalue weighted by Gasteiger charge is 2.34. The van der Waals surface area contributed by atoms with Gasteiger partial charge < -0.3 is 0 Å². The minimum absolute atomic E-state index is 0.164. The van der Waals surface area contributed by atoms with Gasteiger partial charge in [-0.15, -0.1) is 0 Å². The Labute approximate surface area is 96.1 Å². The van der Waals surface area contributed by atoms with E-state index in [0.29, 0.717) is 5.56 Å². The lowest BCUT2D eigenvalue weighted by Crippen LogP contribution is -2.10. The lowest BCUT2D eigenvalue weighted by molar-refractivity contribution is -0.139. The van der Waals surface area contributed by atoms with Gasteiger partial charge in [0.05, 0.1) is 21.3 Å². The summed E-state index contributed by atoms with van der Waals surface area (Å²) in [7, 11) is -1.62. The van der Waals surface area contributed by atoms with Gasteiger partial charge in [0.1, 0.15) is 0 Å². The van der Waals surface area contributed by atoms with Gasteiger partial charge in [0, 0.05) is 6.26 Å². The molecule has 0 heterocycles. The molecule has 16 heavy (non-hydrogen) atoms. The molecule has 5 heteroatoms. The van der Waals surface area contributed by atoms with Gasteiger partial charge in [-0.25, -0.2) is 0 Å². The average molecular weight is 252 g/mol. The molecule has 0 aliphatic rings. The van der Waals surface area contributed by atoms with Crippen LogP contribution in [0.3, 0.4) is 0 Å². The van der Waals surface area contributed by atoms with Crippen LogP contribution < -0.4 is 0 Å². The quantitative estimate of drug-likeness (QED) is 0.743. The van der Waals surface area contributed by atoms with Crippen LogP contribution in [0, 0.1) is 6.92 Å². The molecule has 0 aliphatic heterocycles. The number of hydrogen-bond acceptors (Lipinski definition) is 1. The Hall–Kier alpha value is -0.840. The van der Waals surface area contributed by atoms with Crippen LogP contribution in [0.1, 0.15) is 25.0 Å². The number of hydrogen-bond donors (Lipinski definition) is 0. The van der Waals surface area contributed by atoms with Crippen molar-refractivity contribution in [3.63, 3.8) is 0 Å². The molecule has 0 saturated carbocycles. The van der Waals surface area contributed by atoms with Gasteiger partial charge in [0.25, 0.3) is 0 Å². The van der Waals surface area contributed by atoms with E-state index < -0.39 is 22.5 Å². The van der Waals surface area contributed by atoms with E-state index in [1.165, 1.54) is 18.4 Å². The second-order valence-electron chi connectivity index (χ2n) is 2.95. The Balaban J connectivity index is 0.00000106. The fraction of sp³-hybridized carbons (Fsp3) is 0.455. The minimum atomic E-state index is -4.44. The molecule has 0 radical (unpaired) electrons. The van der Waals surface area contributed by atoms with Crippen LogP contribution in [0.5, 0.6) is 0 Å². The Morgan fingerprint density at radius 1 is 1.19 bits per heavy atom. The van der Waals surface area contributed by atoms with Gasteiger partial charge in [-0.3, -0.25) is 4.21 Å². The second kappa shape index (κ2) is 6.03. The van der Waals surface area contributed by atoms with E-state index in [4.69, 9.17) is 0 Å². The molecule has 1 atom stereocenters. The fourth-order valence-corrected chi connectivity index (χ4v) is 1.86. The maximum atomic E-state index is 12.5. The fourth-order valence-electron chi connectivity index (χ4n) is 1.12. The van der Waals surface area contributed by atoms with Gasteiger partial charge in [0.15, 0.2) is 0 Å². The van der Waals surface area contributed by atoms with Crippen LogP contribution in [0.2, 0.25) is 0 Å². The molecular formula is C11H15F3OS. The third-order valence-corrected chi connectivity index (χ3v) is 2.73. The van der Waals surface area contributed by atoms with Crippen molar-refractivity contribution in [1.82, 2.24) is 0 Å². The SMILES string of the molecule is CC.Cc1ccc(S(C)=O)c(C(F)(F)F)c1. The van der Waals surface area contributed by atoms with Crippen LogP contribution in [0.4, 0.5) is 13.2 Å². The number of benzene rings is 1. The van der Waals surface area contributed by atoms with Crippen molar-refractivity contribution in [2.75, 3.05) is 6.26 Å². The summed E-state index contributed by atoms with van der Waals surface area (Å²) >= 11 is 0. The molecule has 0 spiro atoms. The summed E-state index contributed by atoms with van der Waals surface area (Å²) in [5, 5.41) is 0. The van der Waals surface area contributed by atoms with E-state index in [-0.39, 0.29) is 4.90 Å². The molecule has 1 unspecified atom stereocenters. The van der Waals surface area contributed by atoms with Crippen molar-refractivity contribution in [1.29, 1.82) is 0 Å². The first-order valence-electron chi connectivity index (χ1n) is 4.83. The van der Waals surface area contributed by atoms with Crippen LogP contribution in [0.15, 0.2) is 23.1 Å². The first-order valence-corrected chi connectivity index (χ1v) is 6.39. The van der Waals surface area contributed by atoms with Gasteiger partial charge in [-0.1, -0.05) is 25.5 Å². The van der Waals surface area contributed by atoms with Gasteiger partial charge in [0.2, 0.25) is 0 Å². The number of aryl methyl sites for hydroxylation is 1. The lowest BCUT2D eigenvalue weighted by atomic mass is 10.1. The van der Waals surface area contributed by atoms with Gasteiger partial charge >= 0.3 is 6.18 Å². The highest BCUT2D eigenvalue weighted by Crippen LogP contribution is 2.33. The Morgan fingerprint density at radius 3 is 2.06 bits per heavy atom. The number of halogens is 3. The molecule has 0 aliphatic carbocycles. The first kappa shape index (κ1) is 15.2. The molecule has 1 aromatic carbocycles. The van der Waals surface area contributed by atoms with Crippen molar-refractivity contribution in [2.45, 2.75) is 31.8 Å². The molecule has 0 saturated heterocycles. The molecule has 0 fully saturated rings. The molecule has 92 valence electrons. The smallest absolute Gasteiger partial charge is 0.255 e. The summed E-state index contributed by atoms with van der Waals surface area (Å²) in [4.78, 5) is -0.164. The predicted molar refractivity (Wildman–Crippen MR) is 59.9 cm³/mol. The maximum Gasteiger partial charge on any atom is 0.417 e. The van der Waals surface area contributed by atoms with Crippen LogP contribution in [-0.2, 0) is 17.0 Å². The minimum Gasteiger partial charge on any atom is -0.255 e. The average Bonchev–Trinajstić information content (AvgIpc) is 2.19. The van der Waals surface area contributed by atoms with E-state index in [2.05, 4.69) is 0 Å². The molecule has 0 bridgehead atoms. The Morgan fingerprint density at radius 2 is 1.69 bits per heavy atom. The highest BCUT2D eigenvalue weighted by molar-refractivity contribution is 7.84. The molecule has 1 aromatic rings. The molecule has 0 aromatic heterocycles. The number of alkyl halides is 3. The molecular weight excluding hydrogens is 237 g/mol. The van der Waals surface area contributed by atoms with Crippen molar-refractivity contribution in [2.24, 2.45) is 0 Å². The number of rotatable bonds is 1. The summed E-state index contributed by atoms with van der Waals surface area (Å²) in [6.07, 6.45) is -3.20. The third-order valence-electron chi connectivity index (χ3n) is 1.75. The summed E-state index contributed by atoms with van der Waals surface area (Å²) < 4.78 is 48.4. The normalized spacial score (nSPS) is 12.7. The summed E-state index contributed by atoms with van der Waals surface area (Å²) in [5.74, 6) is 0. The van der Waals surface area contributed by atoms with Crippen molar-refractivity contribution in [3.05, 3.63) is 29.3 Å². The van der Waals surface area contributed by atoms with Crippen LogP contribution in [0.25, 0.3) is 0 Å². The van der Waals surface area contributed by atoms with E-state index in [1.807, 2.05) is 13.8 Å². The molecule has 1 nitrogen and oxygen atoms in total. The zero-order valence-electron chi connectivity index (χ0n) is 9.68. The Kier molecular flexibility index (Phi) is 5.72. The van der Waals surface area contributed by atoms with Crippen LogP contribution in [-0.4, -0.2) is 10.5 Å². The summed E-state index contributed by atoms with van der Waals surface area (Å²) in [6.45, 7) is 5.57. The van der Waals surface area contributed by atoms with Gasteiger partial charge in [-0.05, 0) is 19.1 Å². The van der Waals surface area contributed by atoms with E-state index in [9.17, 15) is 17.4 Å². The van der Waals surface area contributed by atoms with Crippen LogP contribution >= 0.6 is 0 Å². The molecule has 0 N–H and O–H groups in total. The predicted octanol–water partition coefficient (Wildman–Crippen LogP) is 3.78. The van der Waals surface area contributed by atoms with E-state index >= 15 is 0 Å². The standard InChI is InChI=1S/C9H9F3OS.C2H6/c1-6-3-4-8(14(2)13)7(5-6)9(10,11)12;1-2/h3-5H,1-2H3;1-2H3. The first-order chi connectivity index (χ1) is 7.32. The zero-order chi connectivity index (χ0) is 12.9. The maximum absolute atomic E-state index is 12.5. The van der Waals surface area contributed by atoms with Crippen molar-refractivity contribution >= 4 is 10.8 Å². The third kappa shape index (κ3) is 3.96. The largest absolute Gasteiger partial charge is 0.417 e. The second-order valence-corrected chi connectivity index (χ2v) is 4.30. The Bertz CT molecular complexity index is 372. The van der Waals surface area contributed by atoms with E-state index in [0.717, 1.165) is 6.07 Å². The summed E-state index contributed by atoms with van der Waals surface area (Å²) in [6, 6.07) is 3.79. The van der Waals surface area contributed by atoms with Gasteiger partial charge in [-0.2, -0.15) is 13.2 Å². The van der Waals surface area contributed by atoms with Crippen molar-refractivity contribution < 1.29 is 17.4 Å². The summed E-state index contributed by atoms with van der Waals surface area (Å²) in [5.41, 5.74) is -0.301. The lowest BCUT2D eigenvalue weighted by Gasteiger charge is -2.11. The monoisotopic (exact) mass is 252 g/mol. The molecule has 1 rings (SSSR count). The molecule has 0 amide bonds. The topological polar surface area (TPSA) is 17.1 Å². The zero-order valence-corrected chi connectivity index (χ0v) is 10.5. The van der Waals surface area contributed by atoms with E-state index in [1.54, 1.807) is 6.92 Å².